The Morgan fingerprint density at radius 2 is 1.85 bits per heavy atom. The van der Waals surface area contributed by atoms with Gasteiger partial charge < -0.3 is 15.6 Å². The van der Waals surface area contributed by atoms with Gasteiger partial charge in [-0.1, -0.05) is 17.3 Å². The van der Waals surface area contributed by atoms with Gasteiger partial charge in [0.2, 0.25) is 0 Å². The zero-order valence-electron chi connectivity index (χ0n) is 11.3. The average Bonchev–Trinajstić information content (AvgIpc) is 2.76. The molecule has 1 aromatic carbocycles. The standard InChI is InChI=1S/C14H15N5O/c1-8-10(9(2)20-19-8)7-16-14-13(15)17-11-5-3-4-6-12(11)18-14/h3-6H,7H2,1-2H3,(H2,15,17)(H,16,18). The molecule has 0 spiro atoms. The van der Waals surface area contributed by atoms with Crippen LogP contribution in [0.1, 0.15) is 17.0 Å². The van der Waals surface area contributed by atoms with Gasteiger partial charge in [-0.2, -0.15) is 0 Å². The molecule has 0 unspecified atom stereocenters. The van der Waals surface area contributed by atoms with Gasteiger partial charge in [-0.25, -0.2) is 9.97 Å². The minimum atomic E-state index is 0.385. The van der Waals surface area contributed by atoms with Gasteiger partial charge in [-0.15, -0.1) is 0 Å². The number of nitrogens with two attached hydrogens (primary N) is 1. The minimum Gasteiger partial charge on any atom is -0.381 e. The van der Waals surface area contributed by atoms with Crippen LogP contribution in [-0.4, -0.2) is 15.1 Å². The highest BCUT2D eigenvalue weighted by Gasteiger charge is 2.10. The van der Waals surface area contributed by atoms with Gasteiger partial charge in [0.15, 0.2) is 11.6 Å². The van der Waals surface area contributed by atoms with E-state index >= 15 is 0 Å². The van der Waals surface area contributed by atoms with Crippen LogP contribution in [0.3, 0.4) is 0 Å². The number of aromatic nitrogens is 3. The van der Waals surface area contributed by atoms with Gasteiger partial charge in [0.1, 0.15) is 5.76 Å². The summed E-state index contributed by atoms with van der Waals surface area (Å²) in [4.78, 5) is 8.82. The molecule has 0 bridgehead atoms. The number of nitrogens with one attached hydrogen (secondary N) is 1. The Labute approximate surface area is 116 Å². The maximum Gasteiger partial charge on any atom is 0.169 e. The largest absolute Gasteiger partial charge is 0.381 e. The van der Waals surface area contributed by atoms with Gasteiger partial charge in [0.25, 0.3) is 0 Å². The number of anilines is 2. The monoisotopic (exact) mass is 269 g/mol. The number of para-hydroxylation sites is 2. The van der Waals surface area contributed by atoms with E-state index < -0.39 is 0 Å². The summed E-state index contributed by atoms with van der Waals surface area (Å²) in [6, 6.07) is 7.62. The molecule has 6 nitrogen and oxygen atoms in total. The Morgan fingerprint density at radius 3 is 2.50 bits per heavy atom. The van der Waals surface area contributed by atoms with E-state index in [0.717, 1.165) is 28.1 Å². The molecule has 20 heavy (non-hydrogen) atoms. The van der Waals surface area contributed by atoms with E-state index in [2.05, 4.69) is 20.4 Å². The fourth-order valence-electron chi connectivity index (χ4n) is 2.07. The van der Waals surface area contributed by atoms with Crippen LogP contribution in [0.5, 0.6) is 0 Å². The van der Waals surface area contributed by atoms with Crippen molar-refractivity contribution in [3.05, 3.63) is 41.3 Å². The maximum absolute atomic E-state index is 5.93. The molecule has 0 fully saturated rings. The molecule has 0 radical (unpaired) electrons. The van der Waals surface area contributed by atoms with E-state index in [-0.39, 0.29) is 0 Å². The normalized spacial score (nSPS) is 10.9. The number of nitrogens with zero attached hydrogens (tertiary/aromatic N) is 3. The molecule has 0 atom stereocenters. The van der Waals surface area contributed by atoms with E-state index in [1.807, 2.05) is 38.1 Å². The predicted molar refractivity (Wildman–Crippen MR) is 77.3 cm³/mol. The molecule has 102 valence electrons. The third-order valence-electron chi connectivity index (χ3n) is 3.21. The highest BCUT2D eigenvalue weighted by Crippen LogP contribution is 2.20. The van der Waals surface area contributed by atoms with E-state index in [9.17, 15) is 0 Å². The van der Waals surface area contributed by atoms with Gasteiger partial charge >= 0.3 is 0 Å². The molecule has 0 aliphatic rings. The van der Waals surface area contributed by atoms with Crippen molar-refractivity contribution < 1.29 is 4.52 Å². The van der Waals surface area contributed by atoms with Gasteiger partial charge in [-0.3, -0.25) is 0 Å². The first kappa shape index (κ1) is 12.4. The summed E-state index contributed by atoms with van der Waals surface area (Å²) in [5.41, 5.74) is 9.40. The predicted octanol–water partition coefficient (Wildman–Crippen LogP) is 2.43. The van der Waals surface area contributed by atoms with Crippen LogP contribution in [0.4, 0.5) is 11.6 Å². The summed E-state index contributed by atoms with van der Waals surface area (Å²) in [6.07, 6.45) is 0. The maximum atomic E-state index is 5.93. The lowest BCUT2D eigenvalue weighted by molar-refractivity contribution is 0.392. The number of nitrogen functional groups attached to an aromatic ring is 1. The summed E-state index contributed by atoms with van der Waals surface area (Å²) in [7, 11) is 0. The second kappa shape index (κ2) is 4.80. The smallest absolute Gasteiger partial charge is 0.169 e. The van der Waals surface area contributed by atoms with E-state index in [1.165, 1.54) is 0 Å². The number of benzene rings is 1. The van der Waals surface area contributed by atoms with Gasteiger partial charge in [0.05, 0.1) is 16.7 Å². The van der Waals surface area contributed by atoms with Gasteiger partial charge in [-0.05, 0) is 26.0 Å². The number of aryl methyl sites for hydroxylation is 2. The highest BCUT2D eigenvalue weighted by molar-refractivity contribution is 5.79. The van der Waals surface area contributed by atoms with Crippen LogP contribution >= 0.6 is 0 Å². The Bertz CT molecular complexity index is 746. The second-order valence-electron chi connectivity index (χ2n) is 4.60. The third-order valence-corrected chi connectivity index (χ3v) is 3.21. The lowest BCUT2D eigenvalue weighted by atomic mass is 10.2. The molecule has 0 aliphatic carbocycles. The molecule has 0 saturated carbocycles. The summed E-state index contributed by atoms with van der Waals surface area (Å²) in [5.74, 6) is 1.75. The zero-order chi connectivity index (χ0) is 14.1. The molecule has 0 amide bonds. The van der Waals surface area contributed by atoms with Crippen molar-refractivity contribution in [2.24, 2.45) is 0 Å². The lowest BCUT2D eigenvalue weighted by Crippen LogP contribution is -2.07. The molecule has 3 rings (SSSR count). The van der Waals surface area contributed by atoms with E-state index in [4.69, 9.17) is 10.3 Å². The first-order valence-electron chi connectivity index (χ1n) is 6.33. The average molecular weight is 269 g/mol. The molecular weight excluding hydrogens is 254 g/mol. The number of hydrogen-bond donors (Lipinski definition) is 2. The van der Waals surface area contributed by atoms with Crippen molar-refractivity contribution in [1.29, 1.82) is 0 Å². The molecule has 0 saturated heterocycles. The fourth-order valence-corrected chi connectivity index (χ4v) is 2.07. The Hall–Kier alpha value is -2.63. The van der Waals surface area contributed by atoms with Crippen LogP contribution in [-0.2, 0) is 6.54 Å². The third kappa shape index (κ3) is 2.16. The Kier molecular flexibility index (Phi) is 2.98. The molecule has 3 aromatic rings. The highest BCUT2D eigenvalue weighted by atomic mass is 16.5. The molecule has 2 heterocycles. The summed E-state index contributed by atoms with van der Waals surface area (Å²) in [5, 5.41) is 7.11. The van der Waals surface area contributed by atoms with E-state index in [0.29, 0.717) is 18.2 Å². The Morgan fingerprint density at radius 1 is 1.15 bits per heavy atom. The van der Waals surface area contributed by atoms with Crippen LogP contribution < -0.4 is 11.1 Å². The summed E-state index contributed by atoms with van der Waals surface area (Å²) >= 11 is 0. The van der Waals surface area contributed by atoms with Crippen molar-refractivity contribution in [1.82, 2.24) is 15.1 Å². The SMILES string of the molecule is Cc1noc(C)c1CNc1nc2ccccc2nc1N. The summed E-state index contributed by atoms with van der Waals surface area (Å²) in [6.45, 7) is 4.34. The molecule has 6 heteroatoms. The molecule has 2 aromatic heterocycles. The van der Waals surface area contributed by atoms with Crippen molar-refractivity contribution in [2.75, 3.05) is 11.1 Å². The Balaban J connectivity index is 1.89. The minimum absolute atomic E-state index is 0.385. The zero-order valence-corrected chi connectivity index (χ0v) is 11.3. The molecule has 3 N–H and O–H groups in total. The van der Waals surface area contributed by atoms with Crippen LogP contribution in [0.2, 0.25) is 0 Å². The van der Waals surface area contributed by atoms with Crippen LogP contribution in [0.15, 0.2) is 28.8 Å². The quantitative estimate of drug-likeness (QED) is 0.759. The fraction of sp³-hybridized carbons (Fsp3) is 0.214. The molecular formula is C14H15N5O. The van der Waals surface area contributed by atoms with E-state index in [1.54, 1.807) is 0 Å². The topological polar surface area (TPSA) is 89.9 Å². The van der Waals surface area contributed by atoms with Crippen molar-refractivity contribution in [3.8, 4) is 0 Å². The van der Waals surface area contributed by atoms with Crippen LogP contribution in [0.25, 0.3) is 11.0 Å². The first-order valence-corrected chi connectivity index (χ1v) is 6.33. The summed E-state index contributed by atoms with van der Waals surface area (Å²) < 4.78 is 5.13. The molecule has 0 aliphatic heterocycles. The van der Waals surface area contributed by atoms with Crippen LogP contribution in [0, 0.1) is 13.8 Å². The van der Waals surface area contributed by atoms with Crippen molar-refractivity contribution >= 4 is 22.7 Å². The van der Waals surface area contributed by atoms with Gasteiger partial charge in [0, 0.05) is 12.1 Å². The lowest BCUT2D eigenvalue weighted by Gasteiger charge is -2.08. The number of fused-ring (bicyclic) bond motifs is 1. The van der Waals surface area contributed by atoms with Crippen molar-refractivity contribution in [3.63, 3.8) is 0 Å². The number of rotatable bonds is 3. The van der Waals surface area contributed by atoms with Crippen molar-refractivity contribution in [2.45, 2.75) is 20.4 Å². The first-order chi connectivity index (χ1) is 9.65. The number of hydrogen-bond acceptors (Lipinski definition) is 6. The second-order valence-corrected chi connectivity index (χ2v) is 4.60.